The summed E-state index contributed by atoms with van der Waals surface area (Å²) in [5, 5.41) is 0. The van der Waals surface area contributed by atoms with Crippen LogP contribution >= 0.6 is 0 Å². The summed E-state index contributed by atoms with van der Waals surface area (Å²) in [7, 11) is 0. The average Bonchev–Trinajstić information content (AvgIpc) is 2.33. The van der Waals surface area contributed by atoms with Crippen molar-refractivity contribution >= 4 is 5.71 Å². The minimum atomic E-state index is 0.316. The van der Waals surface area contributed by atoms with Gasteiger partial charge in [-0.3, -0.25) is 4.99 Å². The maximum Gasteiger partial charge on any atom is 0.0720 e. The fourth-order valence-corrected chi connectivity index (χ4v) is 2.42. The number of benzene rings is 1. The predicted octanol–water partition coefficient (Wildman–Crippen LogP) is 4.40. The zero-order valence-corrected chi connectivity index (χ0v) is 10.3. The summed E-state index contributed by atoms with van der Waals surface area (Å²) in [6.45, 7) is 4.51. The van der Waals surface area contributed by atoms with Crippen molar-refractivity contribution in [2.75, 3.05) is 0 Å². The summed E-state index contributed by atoms with van der Waals surface area (Å²) in [6.07, 6.45) is 5.23. The molecule has 1 heteroatoms. The van der Waals surface area contributed by atoms with Crippen LogP contribution < -0.4 is 0 Å². The summed E-state index contributed by atoms with van der Waals surface area (Å²) in [5.41, 5.74) is 2.76. The monoisotopic (exact) mass is 215 g/mol. The van der Waals surface area contributed by atoms with Crippen LogP contribution in [0.15, 0.2) is 35.3 Å². The van der Waals surface area contributed by atoms with Crippen molar-refractivity contribution in [1.29, 1.82) is 0 Å². The Morgan fingerprint density at radius 1 is 1.19 bits per heavy atom. The van der Waals surface area contributed by atoms with Crippen LogP contribution in [0, 0.1) is 5.92 Å². The lowest BCUT2D eigenvalue weighted by molar-refractivity contribution is 0.552. The van der Waals surface area contributed by atoms with Crippen molar-refractivity contribution in [2.45, 2.75) is 45.6 Å². The molecule has 0 heterocycles. The van der Waals surface area contributed by atoms with Gasteiger partial charge in [0.25, 0.3) is 0 Å². The van der Waals surface area contributed by atoms with Crippen molar-refractivity contribution in [3.8, 4) is 0 Å². The van der Waals surface area contributed by atoms with Crippen LogP contribution in [0.25, 0.3) is 0 Å². The number of hydrogen-bond acceptors (Lipinski definition) is 1. The van der Waals surface area contributed by atoms with Gasteiger partial charge in [-0.15, -0.1) is 0 Å². The van der Waals surface area contributed by atoms with Gasteiger partial charge >= 0.3 is 0 Å². The normalized spacial score (nSPS) is 25.6. The molecule has 1 aliphatic carbocycles. The number of aliphatic imine (C=N–C) groups is 1. The zero-order valence-electron chi connectivity index (χ0n) is 10.3. The molecule has 1 nitrogen and oxygen atoms in total. The standard InChI is InChI=1S/C15H21N/c1-12-8-6-7-11-15(12)16-13(2)14-9-4-3-5-10-14/h3-5,9-10,12-13H,6-8,11H2,1-2H3/b16-15-/t12?,13-/m1/s1. The molecule has 0 amide bonds. The Kier molecular flexibility index (Phi) is 3.76. The summed E-state index contributed by atoms with van der Waals surface area (Å²) >= 11 is 0. The lowest BCUT2D eigenvalue weighted by Gasteiger charge is -2.22. The molecule has 0 aliphatic heterocycles. The van der Waals surface area contributed by atoms with Gasteiger partial charge in [-0.05, 0) is 37.7 Å². The minimum absolute atomic E-state index is 0.316. The molecule has 1 aromatic rings. The second-order valence-corrected chi connectivity index (χ2v) is 4.85. The highest BCUT2D eigenvalue weighted by Gasteiger charge is 2.16. The van der Waals surface area contributed by atoms with Crippen LogP contribution in [0.5, 0.6) is 0 Å². The average molecular weight is 215 g/mol. The van der Waals surface area contributed by atoms with E-state index in [4.69, 9.17) is 4.99 Å². The maximum atomic E-state index is 4.90. The van der Waals surface area contributed by atoms with Crippen LogP contribution in [0.2, 0.25) is 0 Å². The Hall–Kier alpha value is -1.11. The lowest BCUT2D eigenvalue weighted by Crippen LogP contribution is -2.17. The van der Waals surface area contributed by atoms with E-state index >= 15 is 0 Å². The van der Waals surface area contributed by atoms with E-state index < -0.39 is 0 Å². The van der Waals surface area contributed by atoms with Gasteiger partial charge in [0.2, 0.25) is 0 Å². The van der Waals surface area contributed by atoms with Crippen LogP contribution in [0.4, 0.5) is 0 Å². The molecule has 0 bridgehead atoms. The van der Waals surface area contributed by atoms with E-state index in [0.717, 1.165) is 0 Å². The summed E-state index contributed by atoms with van der Waals surface area (Å²) in [6, 6.07) is 10.9. The van der Waals surface area contributed by atoms with Gasteiger partial charge in [-0.25, -0.2) is 0 Å². The first-order valence-corrected chi connectivity index (χ1v) is 6.39. The van der Waals surface area contributed by atoms with Gasteiger partial charge in [0.1, 0.15) is 0 Å². The highest BCUT2D eigenvalue weighted by Crippen LogP contribution is 2.25. The molecule has 16 heavy (non-hydrogen) atoms. The first-order valence-electron chi connectivity index (χ1n) is 6.39. The predicted molar refractivity (Wildman–Crippen MR) is 69.9 cm³/mol. The second-order valence-electron chi connectivity index (χ2n) is 4.85. The van der Waals surface area contributed by atoms with Crippen molar-refractivity contribution in [2.24, 2.45) is 10.9 Å². The smallest absolute Gasteiger partial charge is 0.0720 e. The van der Waals surface area contributed by atoms with E-state index in [0.29, 0.717) is 12.0 Å². The summed E-state index contributed by atoms with van der Waals surface area (Å²) < 4.78 is 0. The van der Waals surface area contributed by atoms with Crippen LogP contribution in [-0.2, 0) is 0 Å². The lowest BCUT2D eigenvalue weighted by atomic mass is 9.88. The topological polar surface area (TPSA) is 12.4 Å². The van der Waals surface area contributed by atoms with Gasteiger partial charge in [-0.2, -0.15) is 0 Å². The molecule has 1 aromatic carbocycles. The van der Waals surface area contributed by atoms with Gasteiger partial charge in [0.05, 0.1) is 6.04 Å². The van der Waals surface area contributed by atoms with E-state index in [1.54, 1.807) is 0 Å². The molecule has 2 atom stereocenters. The van der Waals surface area contributed by atoms with Crippen molar-refractivity contribution in [3.63, 3.8) is 0 Å². The zero-order chi connectivity index (χ0) is 11.4. The first kappa shape index (κ1) is 11.4. The number of nitrogens with zero attached hydrogens (tertiary/aromatic N) is 1. The highest BCUT2D eigenvalue weighted by molar-refractivity contribution is 5.87. The fraction of sp³-hybridized carbons (Fsp3) is 0.533. The van der Waals surface area contributed by atoms with Gasteiger partial charge in [-0.1, -0.05) is 43.7 Å². The summed E-state index contributed by atoms with van der Waals surface area (Å²) in [5.74, 6) is 0.694. The number of rotatable bonds is 2. The van der Waals surface area contributed by atoms with Crippen LogP contribution in [0.1, 0.15) is 51.1 Å². The van der Waals surface area contributed by atoms with Gasteiger partial charge in [0, 0.05) is 5.71 Å². The van der Waals surface area contributed by atoms with E-state index in [2.05, 4.69) is 44.2 Å². The first-order chi connectivity index (χ1) is 7.77. The second kappa shape index (κ2) is 5.29. The Labute approximate surface area is 98.6 Å². The molecule has 0 spiro atoms. The van der Waals surface area contributed by atoms with Crippen LogP contribution in [-0.4, -0.2) is 5.71 Å². The minimum Gasteiger partial charge on any atom is -0.286 e. The molecule has 1 saturated carbocycles. The molecule has 2 rings (SSSR count). The molecule has 1 aliphatic rings. The molecule has 0 N–H and O–H groups in total. The Morgan fingerprint density at radius 2 is 1.94 bits per heavy atom. The van der Waals surface area contributed by atoms with Crippen molar-refractivity contribution in [1.82, 2.24) is 0 Å². The SMILES string of the molecule is CC1CCCC/C1=N/[C@H](C)c1ccccc1. The van der Waals surface area contributed by atoms with E-state index in [-0.39, 0.29) is 0 Å². The van der Waals surface area contributed by atoms with E-state index in [1.807, 2.05) is 0 Å². The third-order valence-electron chi connectivity index (χ3n) is 3.53. The Bertz CT molecular complexity index is 353. The summed E-state index contributed by atoms with van der Waals surface area (Å²) in [4.78, 5) is 4.90. The molecule has 0 aromatic heterocycles. The Morgan fingerprint density at radius 3 is 2.62 bits per heavy atom. The van der Waals surface area contributed by atoms with Gasteiger partial charge in [0.15, 0.2) is 0 Å². The molecule has 86 valence electrons. The van der Waals surface area contributed by atoms with Crippen molar-refractivity contribution < 1.29 is 0 Å². The number of hydrogen-bond donors (Lipinski definition) is 0. The fourth-order valence-electron chi connectivity index (χ4n) is 2.42. The quantitative estimate of drug-likeness (QED) is 0.693. The molecule has 1 unspecified atom stereocenters. The highest BCUT2D eigenvalue weighted by atomic mass is 14.8. The third-order valence-corrected chi connectivity index (χ3v) is 3.53. The maximum absolute atomic E-state index is 4.90. The Balaban J connectivity index is 2.10. The molecule has 1 fully saturated rings. The molecule has 0 radical (unpaired) electrons. The van der Waals surface area contributed by atoms with Gasteiger partial charge < -0.3 is 0 Å². The third kappa shape index (κ3) is 2.72. The van der Waals surface area contributed by atoms with E-state index in [9.17, 15) is 0 Å². The van der Waals surface area contributed by atoms with Crippen molar-refractivity contribution in [3.05, 3.63) is 35.9 Å². The van der Waals surface area contributed by atoms with Crippen LogP contribution in [0.3, 0.4) is 0 Å². The van der Waals surface area contributed by atoms with E-state index in [1.165, 1.54) is 37.0 Å². The largest absolute Gasteiger partial charge is 0.286 e. The molecular formula is C15H21N. The molecular weight excluding hydrogens is 194 g/mol. The molecule has 0 saturated heterocycles.